The minimum Gasteiger partial charge on any atom is -0.469 e. The van der Waals surface area contributed by atoms with Crippen LogP contribution >= 0.6 is 0 Å². The fourth-order valence-electron chi connectivity index (χ4n) is 8.81. The zero-order valence-corrected chi connectivity index (χ0v) is 18.9. The highest BCUT2D eigenvalue weighted by Gasteiger charge is 2.63. The van der Waals surface area contributed by atoms with Gasteiger partial charge in [-0.3, -0.25) is 4.79 Å². The van der Waals surface area contributed by atoms with E-state index >= 15 is 0 Å². The van der Waals surface area contributed by atoms with Gasteiger partial charge in [0.05, 0.1) is 19.3 Å². The summed E-state index contributed by atoms with van der Waals surface area (Å²) in [6.45, 7) is 7.12. The molecule has 4 aliphatic rings. The lowest BCUT2D eigenvalue weighted by molar-refractivity contribution is -0.175. The Labute approximate surface area is 176 Å². The summed E-state index contributed by atoms with van der Waals surface area (Å²) < 4.78 is 4.85. The molecule has 0 aromatic carbocycles. The molecule has 0 aromatic rings. The highest BCUT2D eigenvalue weighted by molar-refractivity contribution is 5.69. The second-order valence-electron chi connectivity index (χ2n) is 11.5. The monoisotopic (exact) mass is 406 g/mol. The van der Waals surface area contributed by atoms with Crippen molar-refractivity contribution in [2.75, 3.05) is 7.11 Å². The quantitative estimate of drug-likeness (QED) is 0.671. The van der Waals surface area contributed by atoms with Gasteiger partial charge in [-0.25, -0.2) is 0 Å². The zero-order chi connectivity index (χ0) is 21.0. The molecule has 0 bridgehead atoms. The predicted octanol–water partition coefficient (Wildman–Crippen LogP) is 4.57. The van der Waals surface area contributed by atoms with Gasteiger partial charge in [0, 0.05) is 6.42 Å². The maximum atomic E-state index is 11.6. The zero-order valence-electron chi connectivity index (χ0n) is 18.9. The van der Waals surface area contributed by atoms with Gasteiger partial charge in [-0.15, -0.1) is 0 Å². The van der Waals surface area contributed by atoms with E-state index in [4.69, 9.17) is 4.74 Å². The van der Waals surface area contributed by atoms with E-state index in [0.717, 1.165) is 38.0 Å². The third-order valence-corrected chi connectivity index (χ3v) is 10.5. The molecule has 4 nitrogen and oxygen atoms in total. The van der Waals surface area contributed by atoms with E-state index in [9.17, 15) is 15.0 Å². The number of aliphatic hydroxyl groups excluding tert-OH is 2. The van der Waals surface area contributed by atoms with Crippen LogP contribution in [0, 0.1) is 46.3 Å². The average Bonchev–Trinajstić information content (AvgIpc) is 3.06. The molecule has 4 rings (SSSR count). The van der Waals surface area contributed by atoms with Gasteiger partial charge in [0.25, 0.3) is 0 Å². The lowest BCUT2D eigenvalue weighted by Gasteiger charge is -2.62. The Balaban J connectivity index is 1.53. The summed E-state index contributed by atoms with van der Waals surface area (Å²) in [5, 5.41) is 21.8. The minimum atomic E-state index is -0.246. The van der Waals surface area contributed by atoms with Gasteiger partial charge in [-0.05, 0) is 104 Å². The number of rotatable bonds is 4. The molecule has 4 aliphatic carbocycles. The molecule has 166 valence electrons. The van der Waals surface area contributed by atoms with E-state index in [1.807, 2.05) is 0 Å². The highest BCUT2D eigenvalue weighted by atomic mass is 16.5. The summed E-state index contributed by atoms with van der Waals surface area (Å²) in [6.07, 6.45) is 9.86. The smallest absolute Gasteiger partial charge is 0.305 e. The SMILES string of the molecule is COC(=O)CC[C@H](C)[C@@H]1CC[C@@H]2[C@H]3CC[C@H]4C[C@@H](O)CC[C@@]4(C)[C@@H]3C[C@@H](O)[C@]21C. The fraction of sp³-hybridized carbons (Fsp3) is 0.960. The van der Waals surface area contributed by atoms with Crippen molar-refractivity contribution in [2.24, 2.45) is 46.3 Å². The van der Waals surface area contributed by atoms with Crippen LogP contribution in [0.2, 0.25) is 0 Å². The number of aliphatic hydroxyl groups is 2. The molecule has 4 fully saturated rings. The van der Waals surface area contributed by atoms with Gasteiger partial charge in [0.15, 0.2) is 0 Å². The van der Waals surface area contributed by atoms with Crippen LogP contribution < -0.4 is 0 Å². The molecule has 0 radical (unpaired) electrons. The Hall–Kier alpha value is -0.610. The molecule has 0 spiro atoms. The first kappa shape index (κ1) is 21.6. The second-order valence-corrected chi connectivity index (χ2v) is 11.5. The number of esters is 1. The molecule has 0 aromatic heterocycles. The van der Waals surface area contributed by atoms with E-state index in [1.54, 1.807) is 0 Å². The maximum absolute atomic E-state index is 11.6. The summed E-state index contributed by atoms with van der Waals surface area (Å²) in [4.78, 5) is 11.6. The second kappa shape index (κ2) is 7.82. The Morgan fingerprint density at radius 2 is 1.83 bits per heavy atom. The van der Waals surface area contributed by atoms with E-state index in [0.29, 0.717) is 41.4 Å². The molecular formula is C25H42O4. The molecule has 4 saturated carbocycles. The van der Waals surface area contributed by atoms with Crippen LogP contribution in [0.15, 0.2) is 0 Å². The van der Waals surface area contributed by atoms with Gasteiger partial charge in [0.1, 0.15) is 0 Å². The molecule has 0 aliphatic heterocycles. The first-order chi connectivity index (χ1) is 13.7. The van der Waals surface area contributed by atoms with Crippen molar-refractivity contribution in [3.8, 4) is 0 Å². The average molecular weight is 407 g/mol. The summed E-state index contributed by atoms with van der Waals surface area (Å²) in [5.74, 6) is 3.36. The van der Waals surface area contributed by atoms with E-state index in [1.165, 1.54) is 32.8 Å². The van der Waals surface area contributed by atoms with E-state index in [2.05, 4.69) is 20.8 Å². The van der Waals surface area contributed by atoms with Crippen LogP contribution in [0.1, 0.15) is 85.0 Å². The molecule has 0 unspecified atom stereocenters. The summed E-state index contributed by atoms with van der Waals surface area (Å²) in [6, 6.07) is 0. The lowest BCUT2D eigenvalue weighted by Crippen LogP contribution is -2.58. The molecule has 0 heterocycles. The van der Waals surface area contributed by atoms with Crippen LogP contribution in [0.25, 0.3) is 0 Å². The summed E-state index contributed by atoms with van der Waals surface area (Å²) >= 11 is 0. The minimum absolute atomic E-state index is 0.0198. The Morgan fingerprint density at radius 1 is 1.07 bits per heavy atom. The molecule has 10 atom stereocenters. The number of methoxy groups -OCH3 is 1. The molecule has 0 amide bonds. The predicted molar refractivity (Wildman–Crippen MR) is 113 cm³/mol. The molecule has 4 heteroatoms. The topological polar surface area (TPSA) is 66.8 Å². The van der Waals surface area contributed by atoms with E-state index in [-0.39, 0.29) is 23.6 Å². The largest absolute Gasteiger partial charge is 0.469 e. The van der Waals surface area contributed by atoms with Gasteiger partial charge in [-0.2, -0.15) is 0 Å². The van der Waals surface area contributed by atoms with Crippen molar-refractivity contribution < 1.29 is 19.7 Å². The number of carbonyl (C=O) groups excluding carboxylic acids is 1. The Kier molecular flexibility index (Phi) is 5.83. The fourth-order valence-corrected chi connectivity index (χ4v) is 8.81. The van der Waals surface area contributed by atoms with Crippen molar-refractivity contribution in [3.63, 3.8) is 0 Å². The molecular weight excluding hydrogens is 364 g/mol. The Bertz CT molecular complexity index is 620. The third kappa shape index (κ3) is 3.37. The highest BCUT2D eigenvalue weighted by Crippen LogP contribution is 2.68. The number of hydrogen-bond donors (Lipinski definition) is 2. The van der Waals surface area contributed by atoms with Gasteiger partial charge >= 0.3 is 5.97 Å². The van der Waals surface area contributed by atoms with E-state index < -0.39 is 0 Å². The third-order valence-electron chi connectivity index (χ3n) is 10.5. The standard InChI is InChI=1S/C25H42O4/c1-15(5-10-23(28)29-4)19-8-9-20-18-7-6-16-13-17(26)11-12-24(16,2)21(18)14-22(27)25(19,20)3/h15-22,26-27H,5-14H2,1-4H3/t15-,16-,17-,18+,19-,20+,21+,22+,24+,25-/m0/s1. The van der Waals surface area contributed by atoms with Gasteiger partial charge < -0.3 is 14.9 Å². The first-order valence-corrected chi connectivity index (χ1v) is 12.1. The molecule has 2 N–H and O–H groups in total. The first-order valence-electron chi connectivity index (χ1n) is 12.1. The van der Waals surface area contributed by atoms with Gasteiger partial charge in [0.2, 0.25) is 0 Å². The van der Waals surface area contributed by atoms with Crippen molar-refractivity contribution in [3.05, 3.63) is 0 Å². The van der Waals surface area contributed by atoms with Crippen LogP contribution in [0.3, 0.4) is 0 Å². The molecule has 29 heavy (non-hydrogen) atoms. The van der Waals surface area contributed by atoms with Crippen molar-refractivity contribution >= 4 is 5.97 Å². The normalized spacial score (nSPS) is 50.2. The Morgan fingerprint density at radius 3 is 2.55 bits per heavy atom. The van der Waals surface area contributed by atoms with Gasteiger partial charge in [-0.1, -0.05) is 20.8 Å². The maximum Gasteiger partial charge on any atom is 0.305 e. The van der Waals surface area contributed by atoms with Crippen molar-refractivity contribution in [2.45, 2.75) is 97.2 Å². The molecule has 0 saturated heterocycles. The summed E-state index contributed by atoms with van der Waals surface area (Å²) in [5.41, 5.74) is 0.271. The van der Waals surface area contributed by atoms with Crippen LogP contribution in [0.4, 0.5) is 0 Å². The lowest BCUT2D eigenvalue weighted by atomic mass is 9.43. The van der Waals surface area contributed by atoms with Crippen LogP contribution in [0.5, 0.6) is 0 Å². The number of hydrogen-bond acceptors (Lipinski definition) is 4. The summed E-state index contributed by atoms with van der Waals surface area (Å²) in [7, 11) is 1.46. The number of ether oxygens (including phenoxy) is 1. The number of fused-ring (bicyclic) bond motifs is 5. The number of carbonyl (C=O) groups is 1. The van der Waals surface area contributed by atoms with Crippen LogP contribution in [-0.2, 0) is 9.53 Å². The van der Waals surface area contributed by atoms with Crippen molar-refractivity contribution in [1.82, 2.24) is 0 Å². The van der Waals surface area contributed by atoms with Crippen molar-refractivity contribution in [1.29, 1.82) is 0 Å². The van der Waals surface area contributed by atoms with Crippen LogP contribution in [-0.4, -0.2) is 35.5 Å².